The third kappa shape index (κ3) is 2.76. The lowest BCUT2D eigenvalue weighted by Gasteiger charge is -2.02. The maximum Gasteiger partial charge on any atom is 0.356 e. The molecule has 0 fully saturated rings. The van der Waals surface area contributed by atoms with E-state index in [1.165, 1.54) is 13.2 Å². The number of ether oxygens (including phenoxy) is 1. The van der Waals surface area contributed by atoms with Gasteiger partial charge >= 0.3 is 5.97 Å². The van der Waals surface area contributed by atoms with Crippen LogP contribution in [-0.2, 0) is 11.2 Å². The normalized spacial score (nSPS) is 9.40. The average molecular weight is 205 g/mol. The van der Waals surface area contributed by atoms with Gasteiger partial charge in [0.05, 0.1) is 18.7 Å². The van der Waals surface area contributed by atoms with Crippen LogP contribution in [0.2, 0.25) is 0 Å². The predicted molar refractivity (Wildman–Crippen MR) is 53.0 cm³/mol. The van der Waals surface area contributed by atoms with Gasteiger partial charge in [0, 0.05) is 12.1 Å². The van der Waals surface area contributed by atoms with Crippen molar-refractivity contribution in [3.05, 3.63) is 29.1 Å². The second-order valence-corrected chi connectivity index (χ2v) is 2.87. The zero-order valence-corrected chi connectivity index (χ0v) is 8.36. The maximum atomic E-state index is 11.2. The first-order chi connectivity index (χ1) is 7.21. The molecule has 0 saturated heterocycles. The van der Waals surface area contributed by atoms with Crippen molar-refractivity contribution in [3.8, 4) is 6.07 Å². The molecule has 78 valence electrons. The molecule has 0 spiro atoms. The van der Waals surface area contributed by atoms with E-state index in [0.29, 0.717) is 24.2 Å². The number of hydrogen-bond donors (Lipinski definition) is 1. The molecule has 1 aromatic rings. The molecule has 5 nitrogen and oxygen atoms in total. The number of rotatable bonds is 3. The molecule has 0 aliphatic rings. The van der Waals surface area contributed by atoms with E-state index in [2.05, 4.69) is 9.72 Å². The van der Waals surface area contributed by atoms with Crippen LogP contribution in [0.15, 0.2) is 12.1 Å². The van der Waals surface area contributed by atoms with Crippen LogP contribution in [0.3, 0.4) is 0 Å². The number of aromatic nitrogens is 1. The lowest BCUT2D eigenvalue weighted by Crippen LogP contribution is -2.10. The van der Waals surface area contributed by atoms with E-state index in [1.807, 2.05) is 6.07 Å². The monoisotopic (exact) mass is 205 g/mol. The van der Waals surface area contributed by atoms with E-state index in [9.17, 15) is 4.79 Å². The fraction of sp³-hybridized carbons (Fsp3) is 0.300. The second-order valence-electron chi connectivity index (χ2n) is 2.87. The number of carbonyl (C=O) groups is 1. The van der Waals surface area contributed by atoms with Gasteiger partial charge in [-0.05, 0) is 18.7 Å². The molecule has 0 aliphatic carbocycles. The first kappa shape index (κ1) is 11.1. The van der Waals surface area contributed by atoms with Crippen LogP contribution >= 0.6 is 0 Å². The van der Waals surface area contributed by atoms with Gasteiger partial charge in [-0.3, -0.25) is 0 Å². The number of nitrogens with zero attached hydrogens (tertiary/aromatic N) is 2. The Morgan fingerprint density at radius 2 is 2.40 bits per heavy atom. The number of pyridine rings is 1. The first-order valence-electron chi connectivity index (χ1n) is 4.40. The van der Waals surface area contributed by atoms with Crippen LogP contribution in [-0.4, -0.2) is 24.6 Å². The summed E-state index contributed by atoms with van der Waals surface area (Å²) in [4.78, 5) is 15.2. The highest BCUT2D eigenvalue weighted by Crippen LogP contribution is 2.06. The summed E-state index contributed by atoms with van der Waals surface area (Å²) in [7, 11) is 1.27. The molecule has 0 atom stereocenters. The number of esters is 1. The van der Waals surface area contributed by atoms with Crippen molar-refractivity contribution in [2.24, 2.45) is 5.73 Å². The molecule has 1 heterocycles. The third-order valence-electron chi connectivity index (χ3n) is 1.80. The highest BCUT2D eigenvalue weighted by Gasteiger charge is 2.10. The van der Waals surface area contributed by atoms with E-state index in [1.54, 1.807) is 6.07 Å². The number of nitrogens with two attached hydrogens (primary N) is 1. The number of carbonyl (C=O) groups excluding carboxylic acids is 1. The van der Waals surface area contributed by atoms with Crippen molar-refractivity contribution >= 4 is 5.97 Å². The lowest BCUT2D eigenvalue weighted by atomic mass is 10.1. The third-order valence-corrected chi connectivity index (χ3v) is 1.80. The molecule has 0 aliphatic heterocycles. The fourth-order valence-corrected chi connectivity index (χ4v) is 1.14. The number of methoxy groups -OCH3 is 1. The highest BCUT2D eigenvalue weighted by atomic mass is 16.5. The highest BCUT2D eigenvalue weighted by molar-refractivity contribution is 5.87. The van der Waals surface area contributed by atoms with Crippen molar-refractivity contribution in [1.82, 2.24) is 4.98 Å². The zero-order chi connectivity index (χ0) is 11.3. The van der Waals surface area contributed by atoms with E-state index in [0.717, 1.165) is 0 Å². The largest absolute Gasteiger partial charge is 0.464 e. The van der Waals surface area contributed by atoms with Crippen molar-refractivity contribution in [3.63, 3.8) is 0 Å². The summed E-state index contributed by atoms with van der Waals surface area (Å²) in [6, 6.07) is 4.96. The van der Waals surface area contributed by atoms with Gasteiger partial charge in [0.15, 0.2) is 0 Å². The fourth-order valence-electron chi connectivity index (χ4n) is 1.14. The Morgan fingerprint density at radius 3 is 2.93 bits per heavy atom. The molecule has 0 amide bonds. The Labute approximate surface area is 87.5 Å². The summed E-state index contributed by atoms with van der Waals surface area (Å²) in [5, 5.41) is 8.75. The van der Waals surface area contributed by atoms with Gasteiger partial charge in [-0.25, -0.2) is 9.78 Å². The summed E-state index contributed by atoms with van der Waals surface area (Å²) < 4.78 is 4.53. The molecular formula is C10H11N3O2. The predicted octanol–water partition coefficient (Wildman–Crippen LogP) is 0.241. The van der Waals surface area contributed by atoms with E-state index < -0.39 is 5.97 Å². The van der Waals surface area contributed by atoms with Gasteiger partial charge < -0.3 is 10.5 Å². The molecule has 0 aromatic carbocycles. The minimum Gasteiger partial charge on any atom is -0.464 e. The smallest absolute Gasteiger partial charge is 0.356 e. The summed E-state index contributed by atoms with van der Waals surface area (Å²) in [6.07, 6.45) is 0.527. The molecular weight excluding hydrogens is 194 g/mol. The van der Waals surface area contributed by atoms with Crippen LogP contribution in [0.1, 0.15) is 21.7 Å². The van der Waals surface area contributed by atoms with Crippen molar-refractivity contribution in [2.75, 3.05) is 13.7 Å². The van der Waals surface area contributed by atoms with E-state index in [-0.39, 0.29) is 5.69 Å². The average Bonchev–Trinajstić information content (AvgIpc) is 2.28. The van der Waals surface area contributed by atoms with Crippen molar-refractivity contribution in [1.29, 1.82) is 5.26 Å². The number of nitriles is 1. The Kier molecular flexibility index (Phi) is 3.77. The lowest BCUT2D eigenvalue weighted by molar-refractivity contribution is 0.0593. The second kappa shape index (κ2) is 5.08. The molecule has 15 heavy (non-hydrogen) atoms. The summed E-state index contributed by atoms with van der Waals surface area (Å²) in [5.74, 6) is -0.551. The molecule has 0 unspecified atom stereocenters. The topological polar surface area (TPSA) is 89.0 Å². The minimum absolute atomic E-state index is 0.139. The Balaban J connectivity index is 3.12. The van der Waals surface area contributed by atoms with Gasteiger partial charge in [0.2, 0.25) is 0 Å². The molecule has 1 aromatic heterocycles. The van der Waals surface area contributed by atoms with E-state index in [4.69, 9.17) is 11.0 Å². The molecule has 0 radical (unpaired) electrons. The molecule has 0 bridgehead atoms. The summed E-state index contributed by atoms with van der Waals surface area (Å²) in [5.41, 5.74) is 6.52. The standard InChI is InChI=1S/C10H11N3O2/c1-15-10(14)9-5-7(6-12)4-8(13-9)2-3-11/h4-5H,2-3,11H2,1H3. The quantitative estimate of drug-likeness (QED) is 0.714. The maximum absolute atomic E-state index is 11.2. The van der Waals surface area contributed by atoms with Crippen LogP contribution in [0.4, 0.5) is 0 Å². The van der Waals surface area contributed by atoms with Crippen LogP contribution in [0.25, 0.3) is 0 Å². The first-order valence-corrected chi connectivity index (χ1v) is 4.40. The summed E-state index contributed by atoms with van der Waals surface area (Å²) >= 11 is 0. The van der Waals surface area contributed by atoms with Gasteiger partial charge in [-0.15, -0.1) is 0 Å². The van der Waals surface area contributed by atoms with Gasteiger partial charge in [-0.1, -0.05) is 0 Å². The van der Waals surface area contributed by atoms with Gasteiger partial charge in [0.25, 0.3) is 0 Å². The molecule has 2 N–H and O–H groups in total. The Morgan fingerprint density at radius 1 is 1.67 bits per heavy atom. The van der Waals surface area contributed by atoms with Gasteiger partial charge in [-0.2, -0.15) is 5.26 Å². The Hall–Kier alpha value is -1.93. The SMILES string of the molecule is COC(=O)c1cc(C#N)cc(CCN)n1. The molecule has 0 saturated carbocycles. The number of hydrogen-bond acceptors (Lipinski definition) is 5. The van der Waals surface area contributed by atoms with Crippen molar-refractivity contribution < 1.29 is 9.53 Å². The molecule has 5 heteroatoms. The van der Waals surface area contributed by atoms with E-state index >= 15 is 0 Å². The van der Waals surface area contributed by atoms with Crippen LogP contribution in [0, 0.1) is 11.3 Å². The van der Waals surface area contributed by atoms with Gasteiger partial charge in [0.1, 0.15) is 5.69 Å². The van der Waals surface area contributed by atoms with Crippen molar-refractivity contribution in [2.45, 2.75) is 6.42 Å². The Bertz CT molecular complexity index is 410. The summed E-state index contributed by atoms with van der Waals surface area (Å²) in [6.45, 7) is 0.419. The van der Waals surface area contributed by atoms with Crippen LogP contribution < -0.4 is 5.73 Å². The minimum atomic E-state index is -0.551. The van der Waals surface area contributed by atoms with Crippen LogP contribution in [0.5, 0.6) is 0 Å². The zero-order valence-electron chi connectivity index (χ0n) is 8.36. The molecule has 1 rings (SSSR count).